The lowest BCUT2D eigenvalue weighted by Crippen LogP contribution is -1.95. The number of nitrogens with two attached hydrogens (primary N) is 1. The van der Waals surface area contributed by atoms with E-state index in [1.165, 1.54) is 0 Å². The van der Waals surface area contributed by atoms with Crippen LogP contribution in [0.5, 0.6) is 0 Å². The Morgan fingerprint density at radius 1 is 1.24 bits per heavy atom. The monoisotopic (exact) mass is 243 g/mol. The van der Waals surface area contributed by atoms with E-state index in [1.54, 1.807) is 17.4 Å². The van der Waals surface area contributed by atoms with Crippen molar-refractivity contribution in [1.29, 1.82) is 0 Å². The number of hydrogen-bond acceptors (Lipinski definition) is 3. The third kappa shape index (κ3) is 3.57. The second kappa shape index (κ2) is 5.46. The van der Waals surface area contributed by atoms with Crippen LogP contribution in [-0.4, -0.2) is 5.78 Å². The maximum atomic E-state index is 11.6. The Kier molecular flexibility index (Phi) is 3.73. The van der Waals surface area contributed by atoms with Crippen LogP contribution < -0.4 is 5.73 Å². The second-order valence-electron chi connectivity index (χ2n) is 3.72. The standard InChI is InChI=1S/C14H13NOS/c15-12-6-3-11(4-7-12)5-8-13(16)10-14-2-1-9-17-14/h1-9H,10,15H2/b8-5+. The largest absolute Gasteiger partial charge is 0.399 e. The normalized spacial score (nSPS) is 10.8. The molecule has 2 rings (SSSR count). The lowest BCUT2D eigenvalue weighted by atomic mass is 10.1. The Hall–Kier alpha value is -1.87. The van der Waals surface area contributed by atoms with Gasteiger partial charge in [-0.2, -0.15) is 0 Å². The summed E-state index contributed by atoms with van der Waals surface area (Å²) in [7, 11) is 0. The fourth-order valence-electron chi connectivity index (χ4n) is 1.44. The van der Waals surface area contributed by atoms with Gasteiger partial charge in [0, 0.05) is 17.0 Å². The molecule has 2 nitrogen and oxygen atoms in total. The van der Waals surface area contributed by atoms with Crippen molar-refractivity contribution in [1.82, 2.24) is 0 Å². The molecule has 0 radical (unpaired) electrons. The second-order valence-corrected chi connectivity index (χ2v) is 4.75. The molecule has 0 saturated carbocycles. The Balaban J connectivity index is 1.96. The highest BCUT2D eigenvalue weighted by atomic mass is 32.1. The van der Waals surface area contributed by atoms with E-state index in [-0.39, 0.29) is 5.78 Å². The summed E-state index contributed by atoms with van der Waals surface area (Å²) < 4.78 is 0. The fourth-order valence-corrected chi connectivity index (χ4v) is 2.15. The lowest BCUT2D eigenvalue weighted by Gasteiger charge is -1.95. The van der Waals surface area contributed by atoms with Gasteiger partial charge in [-0.15, -0.1) is 11.3 Å². The lowest BCUT2D eigenvalue weighted by molar-refractivity contribution is -0.113. The molecule has 0 spiro atoms. The minimum absolute atomic E-state index is 0.115. The highest BCUT2D eigenvalue weighted by Gasteiger charge is 2.00. The average molecular weight is 243 g/mol. The van der Waals surface area contributed by atoms with Crippen LogP contribution in [0.2, 0.25) is 0 Å². The van der Waals surface area contributed by atoms with Gasteiger partial charge in [-0.1, -0.05) is 24.3 Å². The first kappa shape index (κ1) is 11.6. The van der Waals surface area contributed by atoms with E-state index in [9.17, 15) is 4.79 Å². The zero-order chi connectivity index (χ0) is 12.1. The van der Waals surface area contributed by atoms with Gasteiger partial charge in [0.05, 0.1) is 0 Å². The molecule has 2 aromatic rings. The molecule has 0 atom stereocenters. The summed E-state index contributed by atoms with van der Waals surface area (Å²) >= 11 is 1.60. The van der Waals surface area contributed by atoms with Crippen LogP contribution in [0.1, 0.15) is 10.4 Å². The topological polar surface area (TPSA) is 43.1 Å². The van der Waals surface area contributed by atoms with Crippen molar-refractivity contribution in [2.75, 3.05) is 5.73 Å². The average Bonchev–Trinajstić information content (AvgIpc) is 2.81. The van der Waals surface area contributed by atoms with E-state index in [0.717, 1.165) is 16.1 Å². The van der Waals surface area contributed by atoms with Gasteiger partial charge in [-0.25, -0.2) is 0 Å². The summed E-state index contributed by atoms with van der Waals surface area (Å²) in [5, 5.41) is 1.98. The van der Waals surface area contributed by atoms with E-state index in [2.05, 4.69) is 0 Å². The highest BCUT2D eigenvalue weighted by Crippen LogP contribution is 2.11. The molecule has 0 amide bonds. The quantitative estimate of drug-likeness (QED) is 0.662. The molecule has 0 unspecified atom stereocenters. The number of hydrogen-bond donors (Lipinski definition) is 1. The summed E-state index contributed by atoms with van der Waals surface area (Å²) in [6, 6.07) is 11.4. The predicted molar refractivity (Wildman–Crippen MR) is 72.9 cm³/mol. The number of nitrogen functional groups attached to an aromatic ring is 1. The number of carbonyl (C=O) groups is 1. The van der Waals surface area contributed by atoms with Crippen molar-refractivity contribution < 1.29 is 4.79 Å². The van der Waals surface area contributed by atoms with Gasteiger partial charge in [0.15, 0.2) is 5.78 Å². The molecule has 0 aliphatic heterocycles. The van der Waals surface area contributed by atoms with Gasteiger partial charge < -0.3 is 5.73 Å². The van der Waals surface area contributed by atoms with Crippen molar-refractivity contribution in [3.05, 3.63) is 58.3 Å². The van der Waals surface area contributed by atoms with Gasteiger partial charge in [0.25, 0.3) is 0 Å². The molecule has 0 saturated heterocycles. The first-order valence-corrected chi connectivity index (χ1v) is 6.21. The molecule has 17 heavy (non-hydrogen) atoms. The van der Waals surface area contributed by atoms with E-state index in [0.29, 0.717) is 6.42 Å². The first-order chi connectivity index (χ1) is 8.24. The maximum Gasteiger partial charge on any atom is 0.160 e. The number of ketones is 1. The van der Waals surface area contributed by atoms with Crippen molar-refractivity contribution in [3.63, 3.8) is 0 Å². The Bertz CT molecular complexity index is 512. The van der Waals surface area contributed by atoms with Gasteiger partial charge in [0.1, 0.15) is 0 Å². The van der Waals surface area contributed by atoms with Gasteiger partial charge in [-0.3, -0.25) is 4.79 Å². The summed E-state index contributed by atoms with van der Waals surface area (Å²) in [6.45, 7) is 0. The fraction of sp³-hybridized carbons (Fsp3) is 0.0714. The number of benzene rings is 1. The molecular weight excluding hydrogens is 230 g/mol. The summed E-state index contributed by atoms with van der Waals surface area (Å²) in [6.07, 6.45) is 3.91. The molecule has 1 aromatic carbocycles. The molecule has 1 aromatic heterocycles. The predicted octanol–water partition coefficient (Wildman–Crippen LogP) is 3.16. The number of anilines is 1. The third-order valence-corrected chi connectivity index (χ3v) is 3.20. The molecule has 0 fully saturated rings. The molecular formula is C14H13NOS. The van der Waals surface area contributed by atoms with Crippen LogP contribution in [0.3, 0.4) is 0 Å². The van der Waals surface area contributed by atoms with Crippen molar-refractivity contribution in [2.24, 2.45) is 0 Å². The Morgan fingerprint density at radius 2 is 2.00 bits per heavy atom. The molecule has 0 aliphatic carbocycles. The maximum absolute atomic E-state index is 11.6. The van der Waals surface area contributed by atoms with Crippen molar-refractivity contribution >= 4 is 28.9 Å². The Labute approximate surface area is 104 Å². The highest BCUT2D eigenvalue weighted by molar-refractivity contribution is 7.10. The molecule has 86 valence electrons. The SMILES string of the molecule is Nc1ccc(/C=C/C(=O)Cc2cccs2)cc1. The molecule has 3 heteroatoms. The summed E-state index contributed by atoms with van der Waals surface area (Å²) in [5.41, 5.74) is 7.30. The van der Waals surface area contributed by atoms with Gasteiger partial charge in [0.2, 0.25) is 0 Å². The zero-order valence-electron chi connectivity index (χ0n) is 9.30. The van der Waals surface area contributed by atoms with Crippen LogP contribution in [0.15, 0.2) is 47.9 Å². The van der Waals surface area contributed by atoms with Gasteiger partial charge >= 0.3 is 0 Å². The van der Waals surface area contributed by atoms with Gasteiger partial charge in [-0.05, 0) is 35.2 Å². The number of carbonyl (C=O) groups excluding carboxylic acids is 1. The van der Waals surface area contributed by atoms with E-state index < -0.39 is 0 Å². The minimum atomic E-state index is 0.115. The summed E-state index contributed by atoms with van der Waals surface area (Å²) in [5.74, 6) is 0.115. The third-order valence-electron chi connectivity index (χ3n) is 2.33. The number of rotatable bonds is 4. The Morgan fingerprint density at radius 3 is 2.65 bits per heavy atom. The van der Waals surface area contributed by atoms with E-state index in [1.807, 2.05) is 47.9 Å². The van der Waals surface area contributed by atoms with E-state index in [4.69, 9.17) is 5.73 Å². The summed E-state index contributed by atoms with van der Waals surface area (Å²) in [4.78, 5) is 12.7. The molecule has 1 heterocycles. The van der Waals surface area contributed by atoms with Crippen LogP contribution >= 0.6 is 11.3 Å². The van der Waals surface area contributed by atoms with Crippen LogP contribution in [0.4, 0.5) is 5.69 Å². The molecule has 2 N–H and O–H groups in total. The van der Waals surface area contributed by atoms with Crippen molar-refractivity contribution in [3.8, 4) is 0 Å². The van der Waals surface area contributed by atoms with Crippen molar-refractivity contribution in [2.45, 2.75) is 6.42 Å². The number of allylic oxidation sites excluding steroid dienone is 1. The zero-order valence-corrected chi connectivity index (χ0v) is 10.1. The smallest absolute Gasteiger partial charge is 0.160 e. The van der Waals surface area contributed by atoms with Crippen LogP contribution in [0, 0.1) is 0 Å². The molecule has 0 aliphatic rings. The van der Waals surface area contributed by atoms with Crippen LogP contribution in [0.25, 0.3) is 6.08 Å². The number of thiophene rings is 1. The molecule has 0 bridgehead atoms. The van der Waals surface area contributed by atoms with Crippen LogP contribution in [-0.2, 0) is 11.2 Å². The minimum Gasteiger partial charge on any atom is -0.399 e. The first-order valence-electron chi connectivity index (χ1n) is 5.33. The van der Waals surface area contributed by atoms with E-state index >= 15 is 0 Å².